The molecule has 1 atom stereocenters. The highest BCUT2D eigenvalue weighted by Gasteiger charge is 2.14. The third-order valence-electron chi connectivity index (χ3n) is 3.12. The molecule has 0 saturated heterocycles. The number of ether oxygens (including phenoxy) is 1. The molecule has 1 heterocycles. The van der Waals surface area contributed by atoms with Crippen LogP contribution < -0.4 is 10.1 Å². The first kappa shape index (κ1) is 14.9. The van der Waals surface area contributed by atoms with Crippen LogP contribution in [0.25, 0.3) is 0 Å². The van der Waals surface area contributed by atoms with Crippen LogP contribution in [0, 0.1) is 0 Å². The Bertz CT molecular complexity index is 524. The Morgan fingerprint density at radius 2 is 2.05 bits per heavy atom. The number of benzene rings is 1. The lowest BCUT2D eigenvalue weighted by Gasteiger charge is -2.18. The molecule has 0 fully saturated rings. The first-order valence-corrected chi connectivity index (χ1v) is 7.19. The zero-order valence-corrected chi connectivity index (χ0v) is 12.6. The lowest BCUT2D eigenvalue weighted by molar-refractivity contribution is 0.265. The van der Waals surface area contributed by atoms with Gasteiger partial charge in [-0.05, 0) is 43.8 Å². The van der Waals surface area contributed by atoms with Gasteiger partial charge in [0.15, 0.2) is 0 Å². The summed E-state index contributed by atoms with van der Waals surface area (Å²) < 4.78 is 7.83. The Morgan fingerprint density at radius 3 is 2.70 bits per heavy atom. The third-order valence-corrected chi connectivity index (χ3v) is 3.37. The zero-order chi connectivity index (χ0) is 14.4. The Kier molecular flexibility index (Phi) is 5.44. The molecular formula is C15H20ClN3O. The summed E-state index contributed by atoms with van der Waals surface area (Å²) in [5.41, 5.74) is 1.14. The second kappa shape index (κ2) is 7.31. The third kappa shape index (κ3) is 3.74. The maximum atomic E-state index is 5.86. The SMILES string of the molecule is CCCn1nccc1C(COc1ccc(Cl)cc1)NC. The molecule has 0 radical (unpaired) electrons. The summed E-state index contributed by atoms with van der Waals surface area (Å²) in [5, 5.41) is 8.33. The van der Waals surface area contributed by atoms with Crippen molar-refractivity contribution in [3.05, 3.63) is 47.2 Å². The predicted octanol–water partition coefficient (Wildman–Crippen LogP) is 3.29. The standard InChI is InChI=1S/C15H20ClN3O/c1-3-10-19-15(8-9-18-19)14(17-2)11-20-13-6-4-12(16)5-7-13/h4-9,14,17H,3,10-11H2,1-2H3. The van der Waals surface area contributed by atoms with E-state index in [4.69, 9.17) is 16.3 Å². The average molecular weight is 294 g/mol. The van der Waals surface area contributed by atoms with Crippen molar-refractivity contribution in [1.29, 1.82) is 0 Å². The maximum absolute atomic E-state index is 5.86. The van der Waals surface area contributed by atoms with E-state index in [2.05, 4.69) is 17.3 Å². The molecular weight excluding hydrogens is 274 g/mol. The molecule has 0 amide bonds. The van der Waals surface area contributed by atoms with E-state index in [0.717, 1.165) is 24.4 Å². The van der Waals surface area contributed by atoms with Crippen LogP contribution in [0.3, 0.4) is 0 Å². The van der Waals surface area contributed by atoms with Gasteiger partial charge in [-0.2, -0.15) is 5.10 Å². The fourth-order valence-corrected chi connectivity index (χ4v) is 2.19. The van der Waals surface area contributed by atoms with Gasteiger partial charge in [0.2, 0.25) is 0 Å². The molecule has 20 heavy (non-hydrogen) atoms. The van der Waals surface area contributed by atoms with Gasteiger partial charge in [-0.1, -0.05) is 18.5 Å². The molecule has 1 aromatic carbocycles. The highest BCUT2D eigenvalue weighted by Crippen LogP contribution is 2.18. The number of aryl methyl sites for hydroxylation is 1. The van der Waals surface area contributed by atoms with Crippen molar-refractivity contribution in [2.24, 2.45) is 0 Å². The van der Waals surface area contributed by atoms with Crippen LogP contribution in [0.4, 0.5) is 0 Å². The van der Waals surface area contributed by atoms with E-state index in [-0.39, 0.29) is 6.04 Å². The largest absolute Gasteiger partial charge is 0.492 e. The summed E-state index contributed by atoms with van der Waals surface area (Å²) in [5.74, 6) is 0.816. The molecule has 0 aliphatic heterocycles. The molecule has 1 N–H and O–H groups in total. The van der Waals surface area contributed by atoms with Crippen LogP contribution in [0.2, 0.25) is 5.02 Å². The van der Waals surface area contributed by atoms with Crippen LogP contribution >= 0.6 is 11.6 Å². The molecule has 0 saturated carbocycles. The van der Waals surface area contributed by atoms with Crippen LogP contribution in [-0.2, 0) is 6.54 Å². The summed E-state index contributed by atoms with van der Waals surface area (Å²) >= 11 is 5.86. The molecule has 0 aliphatic carbocycles. The molecule has 1 aromatic heterocycles. The smallest absolute Gasteiger partial charge is 0.119 e. The highest BCUT2D eigenvalue weighted by atomic mass is 35.5. The van der Waals surface area contributed by atoms with E-state index < -0.39 is 0 Å². The molecule has 108 valence electrons. The van der Waals surface area contributed by atoms with Crippen molar-refractivity contribution in [3.8, 4) is 5.75 Å². The molecule has 0 aliphatic rings. The first-order valence-electron chi connectivity index (χ1n) is 6.82. The molecule has 0 bridgehead atoms. The van der Waals surface area contributed by atoms with E-state index in [1.54, 1.807) is 0 Å². The second-order valence-electron chi connectivity index (χ2n) is 4.59. The minimum absolute atomic E-state index is 0.111. The summed E-state index contributed by atoms with van der Waals surface area (Å²) in [7, 11) is 1.93. The minimum atomic E-state index is 0.111. The highest BCUT2D eigenvalue weighted by molar-refractivity contribution is 6.30. The summed E-state index contributed by atoms with van der Waals surface area (Å²) in [6.45, 7) is 3.61. The van der Waals surface area contributed by atoms with Crippen molar-refractivity contribution in [1.82, 2.24) is 15.1 Å². The summed E-state index contributed by atoms with van der Waals surface area (Å²) in [6.07, 6.45) is 2.89. The minimum Gasteiger partial charge on any atom is -0.492 e. The molecule has 4 nitrogen and oxygen atoms in total. The summed E-state index contributed by atoms with van der Waals surface area (Å²) in [6, 6.07) is 9.54. The Labute approximate surface area is 124 Å². The fraction of sp³-hybridized carbons (Fsp3) is 0.400. The molecule has 5 heteroatoms. The number of halogens is 1. The Morgan fingerprint density at radius 1 is 1.30 bits per heavy atom. The van der Waals surface area contributed by atoms with E-state index in [9.17, 15) is 0 Å². The normalized spacial score (nSPS) is 12.3. The number of likely N-dealkylation sites (N-methyl/N-ethyl adjacent to an activating group) is 1. The summed E-state index contributed by atoms with van der Waals surface area (Å²) in [4.78, 5) is 0. The zero-order valence-electron chi connectivity index (χ0n) is 11.8. The number of rotatable bonds is 7. The van der Waals surface area contributed by atoms with Crippen molar-refractivity contribution in [2.75, 3.05) is 13.7 Å². The van der Waals surface area contributed by atoms with Gasteiger partial charge in [-0.25, -0.2) is 0 Å². The van der Waals surface area contributed by atoms with Crippen LogP contribution in [0.1, 0.15) is 25.1 Å². The van der Waals surface area contributed by atoms with Gasteiger partial charge in [0.05, 0.1) is 11.7 Å². The topological polar surface area (TPSA) is 39.1 Å². The van der Waals surface area contributed by atoms with Crippen molar-refractivity contribution >= 4 is 11.6 Å². The van der Waals surface area contributed by atoms with E-state index in [0.29, 0.717) is 11.6 Å². The number of aromatic nitrogens is 2. The lowest BCUT2D eigenvalue weighted by Crippen LogP contribution is -2.26. The lowest BCUT2D eigenvalue weighted by atomic mass is 10.2. The fourth-order valence-electron chi connectivity index (χ4n) is 2.06. The van der Waals surface area contributed by atoms with Crippen LogP contribution in [0.5, 0.6) is 5.75 Å². The second-order valence-corrected chi connectivity index (χ2v) is 5.02. The average Bonchev–Trinajstić information content (AvgIpc) is 2.90. The molecule has 0 spiro atoms. The van der Waals surface area contributed by atoms with Gasteiger partial charge in [0.25, 0.3) is 0 Å². The van der Waals surface area contributed by atoms with Crippen LogP contribution in [-0.4, -0.2) is 23.4 Å². The van der Waals surface area contributed by atoms with E-state index >= 15 is 0 Å². The molecule has 2 rings (SSSR count). The quantitative estimate of drug-likeness (QED) is 0.851. The van der Waals surface area contributed by atoms with Gasteiger partial charge in [0.1, 0.15) is 12.4 Å². The van der Waals surface area contributed by atoms with Gasteiger partial charge in [-0.3, -0.25) is 4.68 Å². The van der Waals surface area contributed by atoms with E-state index in [1.807, 2.05) is 48.3 Å². The van der Waals surface area contributed by atoms with Gasteiger partial charge >= 0.3 is 0 Å². The number of hydrogen-bond donors (Lipinski definition) is 1. The van der Waals surface area contributed by atoms with Crippen molar-refractivity contribution in [3.63, 3.8) is 0 Å². The Hall–Kier alpha value is -1.52. The number of hydrogen-bond acceptors (Lipinski definition) is 3. The van der Waals surface area contributed by atoms with Crippen molar-refractivity contribution < 1.29 is 4.74 Å². The number of nitrogens with zero attached hydrogens (tertiary/aromatic N) is 2. The monoisotopic (exact) mass is 293 g/mol. The maximum Gasteiger partial charge on any atom is 0.119 e. The van der Waals surface area contributed by atoms with Gasteiger partial charge < -0.3 is 10.1 Å². The van der Waals surface area contributed by atoms with Crippen LogP contribution in [0.15, 0.2) is 36.5 Å². The number of nitrogens with one attached hydrogen (secondary N) is 1. The van der Waals surface area contributed by atoms with Gasteiger partial charge in [0, 0.05) is 17.8 Å². The van der Waals surface area contributed by atoms with E-state index in [1.165, 1.54) is 0 Å². The first-order chi connectivity index (χ1) is 9.74. The van der Waals surface area contributed by atoms with Gasteiger partial charge in [-0.15, -0.1) is 0 Å². The molecule has 2 aromatic rings. The van der Waals surface area contributed by atoms with Crippen molar-refractivity contribution in [2.45, 2.75) is 25.9 Å². The Balaban J connectivity index is 2.01. The predicted molar refractivity (Wildman–Crippen MR) is 81.3 cm³/mol. The molecule has 1 unspecified atom stereocenters.